The Morgan fingerprint density at radius 3 is 2.54 bits per heavy atom. The number of methoxy groups -OCH3 is 1. The second kappa shape index (κ2) is 7.29. The molecule has 0 aliphatic heterocycles. The maximum absolute atomic E-state index is 12.4. The fourth-order valence-corrected chi connectivity index (χ4v) is 2.91. The Morgan fingerprint density at radius 2 is 1.88 bits per heavy atom. The van der Waals surface area contributed by atoms with Crippen LogP contribution in [0.2, 0.25) is 0 Å². The van der Waals surface area contributed by atoms with Crippen LogP contribution in [0.5, 0.6) is 5.75 Å². The molecule has 2 N–H and O–H groups in total. The molecular formula is C18H22N4O2. The number of carbonyl (C=O) groups excluding carboxylic acids is 1. The summed E-state index contributed by atoms with van der Waals surface area (Å²) in [5.41, 5.74) is 1.06. The molecule has 0 spiro atoms. The normalized spacial score (nSPS) is 14.4. The number of nitrogens with zero attached hydrogens (tertiary/aromatic N) is 2. The summed E-state index contributed by atoms with van der Waals surface area (Å²) < 4.78 is 5.11. The number of aryl methyl sites for hydroxylation is 1. The van der Waals surface area contributed by atoms with Gasteiger partial charge in [0.05, 0.1) is 7.11 Å². The van der Waals surface area contributed by atoms with Crippen molar-refractivity contribution >= 4 is 17.4 Å². The third kappa shape index (κ3) is 4.01. The highest BCUT2D eigenvalue weighted by molar-refractivity contribution is 6.03. The van der Waals surface area contributed by atoms with Crippen LogP contribution in [0.1, 0.15) is 42.0 Å². The minimum atomic E-state index is -0.250. The maximum Gasteiger partial charge on any atom is 0.274 e. The molecule has 1 aliphatic carbocycles. The Bertz CT molecular complexity index is 709. The average Bonchev–Trinajstić information content (AvgIpc) is 3.08. The lowest BCUT2D eigenvalue weighted by Gasteiger charge is -2.14. The molecule has 6 heteroatoms. The summed E-state index contributed by atoms with van der Waals surface area (Å²) in [5.74, 6) is 1.79. The van der Waals surface area contributed by atoms with Gasteiger partial charge in [-0.3, -0.25) is 4.79 Å². The lowest BCUT2D eigenvalue weighted by molar-refractivity contribution is 0.102. The van der Waals surface area contributed by atoms with E-state index < -0.39 is 0 Å². The first-order chi connectivity index (χ1) is 11.6. The SMILES string of the molecule is COc1ccc(NC(=O)c2cc(NC3CCCC3)nc(C)n2)cc1. The van der Waals surface area contributed by atoms with Gasteiger partial charge in [-0.25, -0.2) is 9.97 Å². The van der Waals surface area contributed by atoms with E-state index in [0.29, 0.717) is 29.1 Å². The second-order valence-corrected chi connectivity index (χ2v) is 5.99. The van der Waals surface area contributed by atoms with Crippen molar-refractivity contribution in [2.24, 2.45) is 0 Å². The number of hydrogen-bond donors (Lipinski definition) is 2. The molecule has 1 fully saturated rings. The molecular weight excluding hydrogens is 304 g/mol. The molecule has 0 atom stereocenters. The molecule has 1 aliphatic rings. The summed E-state index contributed by atoms with van der Waals surface area (Å²) in [6.45, 7) is 1.80. The van der Waals surface area contributed by atoms with E-state index in [9.17, 15) is 4.79 Å². The largest absolute Gasteiger partial charge is 0.497 e. The van der Waals surface area contributed by atoms with Gasteiger partial charge in [-0.2, -0.15) is 0 Å². The Balaban J connectivity index is 1.72. The Kier molecular flexibility index (Phi) is 4.93. The first-order valence-corrected chi connectivity index (χ1v) is 8.21. The number of amides is 1. The number of nitrogens with one attached hydrogen (secondary N) is 2. The highest BCUT2D eigenvalue weighted by Crippen LogP contribution is 2.22. The van der Waals surface area contributed by atoms with Crippen LogP contribution in [0.4, 0.5) is 11.5 Å². The predicted molar refractivity (Wildman–Crippen MR) is 93.6 cm³/mol. The Labute approximate surface area is 141 Å². The monoisotopic (exact) mass is 326 g/mol. The molecule has 1 amide bonds. The minimum Gasteiger partial charge on any atom is -0.497 e. The van der Waals surface area contributed by atoms with Crippen LogP contribution in [-0.2, 0) is 0 Å². The Hall–Kier alpha value is -2.63. The smallest absolute Gasteiger partial charge is 0.274 e. The van der Waals surface area contributed by atoms with Crippen molar-refractivity contribution in [3.63, 3.8) is 0 Å². The third-order valence-corrected chi connectivity index (χ3v) is 4.13. The molecule has 0 saturated heterocycles. The van der Waals surface area contributed by atoms with Crippen molar-refractivity contribution < 1.29 is 9.53 Å². The van der Waals surface area contributed by atoms with Gasteiger partial charge in [0.25, 0.3) is 5.91 Å². The average molecular weight is 326 g/mol. The van der Waals surface area contributed by atoms with Crippen molar-refractivity contribution in [2.45, 2.75) is 38.6 Å². The van der Waals surface area contributed by atoms with Gasteiger partial charge in [0.15, 0.2) is 0 Å². The first-order valence-electron chi connectivity index (χ1n) is 8.21. The lowest BCUT2D eigenvalue weighted by atomic mass is 10.2. The number of aromatic nitrogens is 2. The zero-order chi connectivity index (χ0) is 16.9. The van der Waals surface area contributed by atoms with Gasteiger partial charge < -0.3 is 15.4 Å². The van der Waals surface area contributed by atoms with Crippen LogP contribution >= 0.6 is 0 Å². The molecule has 126 valence electrons. The summed E-state index contributed by atoms with van der Waals surface area (Å²) >= 11 is 0. The van der Waals surface area contributed by atoms with Crippen molar-refractivity contribution in [3.8, 4) is 5.75 Å². The standard InChI is InChI=1S/C18H22N4O2/c1-12-19-16(11-17(20-12)21-13-5-3-4-6-13)18(23)22-14-7-9-15(24-2)10-8-14/h7-11,13H,3-6H2,1-2H3,(H,22,23)(H,19,20,21). The van der Waals surface area contributed by atoms with Gasteiger partial charge >= 0.3 is 0 Å². The molecule has 0 radical (unpaired) electrons. The van der Waals surface area contributed by atoms with Crippen molar-refractivity contribution in [1.82, 2.24) is 9.97 Å². The number of carbonyl (C=O) groups is 1. The molecule has 0 unspecified atom stereocenters. The number of rotatable bonds is 5. The quantitative estimate of drug-likeness (QED) is 0.880. The summed E-state index contributed by atoms with van der Waals surface area (Å²) in [6, 6.07) is 9.34. The molecule has 24 heavy (non-hydrogen) atoms. The van der Waals surface area contributed by atoms with E-state index in [1.807, 2.05) is 0 Å². The van der Waals surface area contributed by atoms with Crippen molar-refractivity contribution in [1.29, 1.82) is 0 Å². The first kappa shape index (κ1) is 16.2. The Morgan fingerprint density at radius 1 is 1.17 bits per heavy atom. The van der Waals surface area contributed by atoms with Crippen LogP contribution in [0, 0.1) is 6.92 Å². The third-order valence-electron chi connectivity index (χ3n) is 4.13. The zero-order valence-corrected chi connectivity index (χ0v) is 14.0. The van der Waals surface area contributed by atoms with Crippen LogP contribution in [-0.4, -0.2) is 29.0 Å². The fourth-order valence-electron chi connectivity index (χ4n) is 2.91. The fraction of sp³-hybridized carbons (Fsp3) is 0.389. The van der Waals surface area contributed by atoms with Gasteiger partial charge in [0.2, 0.25) is 0 Å². The van der Waals surface area contributed by atoms with Crippen LogP contribution < -0.4 is 15.4 Å². The number of hydrogen-bond acceptors (Lipinski definition) is 5. The van der Waals surface area contributed by atoms with Gasteiger partial charge in [0, 0.05) is 17.8 Å². The maximum atomic E-state index is 12.4. The van der Waals surface area contributed by atoms with Crippen LogP contribution in [0.15, 0.2) is 30.3 Å². The van der Waals surface area contributed by atoms with Crippen molar-refractivity contribution in [2.75, 3.05) is 17.7 Å². The van der Waals surface area contributed by atoms with E-state index in [4.69, 9.17) is 4.74 Å². The van der Waals surface area contributed by atoms with Crippen molar-refractivity contribution in [3.05, 3.63) is 41.9 Å². The molecule has 6 nitrogen and oxygen atoms in total. The molecule has 1 saturated carbocycles. The molecule has 1 aromatic carbocycles. The number of benzene rings is 1. The van der Waals surface area contributed by atoms with Gasteiger partial charge in [-0.1, -0.05) is 12.8 Å². The predicted octanol–water partition coefficient (Wildman–Crippen LogP) is 3.40. The van der Waals surface area contributed by atoms with Gasteiger partial charge in [0.1, 0.15) is 23.1 Å². The minimum absolute atomic E-state index is 0.250. The van der Waals surface area contributed by atoms with E-state index in [1.165, 1.54) is 12.8 Å². The van der Waals surface area contributed by atoms with E-state index in [-0.39, 0.29) is 5.91 Å². The lowest BCUT2D eigenvalue weighted by Crippen LogP contribution is -2.19. The highest BCUT2D eigenvalue weighted by atomic mass is 16.5. The molecule has 1 heterocycles. The summed E-state index contributed by atoms with van der Waals surface area (Å²) in [4.78, 5) is 21.1. The van der Waals surface area contributed by atoms with Crippen LogP contribution in [0.25, 0.3) is 0 Å². The topological polar surface area (TPSA) is 76.1 Å². The number of anilines is 2. The molecule has 2 aromatic rings. The molecule has 0 bridgehead atoms. The van der Waals surface area contributed by atoms with Crippen LogP contribution in [0.3, 0.4) is 0 Å². The molecule has 3 rings (SSSR count). The van der Waals surface area contributed by atoms with Gasteiger partial charge in [-0.15, -0.1) is 0 Å². The zero-order valence-electron chi connectivity index (χ0n) is 14.0. The van der Waals surface area contributed by atoms with E-state index in [0.717, 1.165) is 18.6 Å². The second-order valence-electron chi connectivity index (χ2n) is 5.99. The molecule has 1 aromatic heterocycles. The van der Waals surface area contributed by atoms with E-state index in [2.05, 4.69) is 20.6 Å². The summed E-state index contributed by atoms with van der Waals surface area (Å²) in [6.07, 6.45) is 4.78. The summed E-state index contributed by atoms with van der Waals surface area (Å²) in [7, 11) is 1.61. The highest BCUT2D eigenvalue weighted by Gasteiger charge is 2.17. The van der Waals surface area contributed by atoms with Gasteiger partial charge in [-0.05, 0) is 44.0 Å². The number of ether oxygens (including phenoxy) is 1. The van der Waals surface area contributed by atoms with E-state index >= 15 is 0 Å². The van der Waals surface area contributed by atoms with E-state index in [1.54, 1.807) is 44.4 Å². The summed E-state index contributed by atoms with van der Waals surface area (Å²) in [5, 5.41) is 6.25.